The SMILES string of the molecule is C[C@@H]1[C@@H](C)CC2CC(=O)OC2C1(C)/C=C/c1ccc(-c2ccccc2C#N)cn1. The Morgan fingerprint density at radius 1 is 1.24 bits per heavy atom. The van der Waals surface area contributed by atoms with Gasteiger partial charge < -0.3 is 4.74 Å². The van der Waals surface area contributed by atoms with Crippen LogP contribution in [-0.2, 0) is 9.53 Å². The first-order chi connectivity index (χ1) is 13.9. The Morgan fingerprint density at radius 3 is 2.76 bits per heavy atom. The smallest absolute Gasteiger partial charge is 0.306 e. The van der Waals surface area contributed by atoms with Crippen LogP contribution >= 0.6 is 0 Å². The van der Waals surface area contributed by atoms with E-state index in [2.05, 4.69) is 37.9 Å². The molecule has 1 aromatic carbocycles. The second-order valence-corrected chi connectivity index (χ2v) is 8.70. The molecule has 0 amide bonds. The summed E-state index contributed by atoms with van der Waals surface area (Å²) in [4.78, 5) is 16.5. The zero-order chi connectivity index (χ0) is 20.6. The lowest BCUT2D eigenvalue weighted by molar-refractivity contribution is -0.148. The molecular weight excluding hydrogens is 360 g/mol. The molecule has 0 spiro atoms. The number of rotatable bonds is 3. The summed E-state index contributed by atoms with van der Waals surface area (Å²) in [5, 5.41) is 9.31. The normalized spacial score (nSPS) is 31.3. The van der Waals surface area contributed by atoms with Crippen molar-refractivity contribution in [2.24, 2.45) is 23.2 Å². The number of carbonyl (C=O) groups is 1. The van der Waals surface area contributed by atoms with E-state index >= 15 is 0 Å². The summed E-state index contributed by atoms with van der Waals surface area (Å²) in [7, 11) is 0. The van der Waals surface area contributed by atoms with E-state index in [1.165, 1.54) is 0 Å². The van der Waals surface area contributed by atoms with Crippen molar-refractivity contribution in [3.05, 3.63) is 59.9 Å². The zero-order valence-electron chi connectivity index (χ0n) is 17.1. The van der Waals surface area contributed by atoms with Gasteiger partial charge in [0.15, 0.2) is 0 Å². The first-order valence-corrected chi connectivity index (χ1v) is 10.3. The lowest BCUT2D eigenvalue weighted by Gasteiger charge is -2.47. The van der Waals surface area contributed by atoms with Crippen molar-refractivity contribution in [3.8, 4) is 17.2 Å². The van der Waals surface area contributed by atoms with Crippen molar-refractivity contribution < 1.29 is 9.53 Å². The van der Waals surface area contributed by atoms with Crippen LogP contribution in [0.4, 0.5) is 0 Å². The molecule has 3 unspecified atom stereocenters. The number of esters is 1. The van der Waals surface area contributed by atoms with Crippen LogP contribution in [0.2, 0.25) is 0 Å². The molecule has 2 aromatic rings. The molecule has 0 radical (unpaired) electrons. The predicted octanol–water partition coefficient (Wildman–Crippen LogP) is 5.25. The summed E-state index contributed by atoms with van der Waals surface area (Å²) in [6.07, 6.45) is 7.57. The lowest BCUT2D eigenvalue weighted by atomic mass is 9.58. The summed E-state index contributed by atoms with van der Waals surface area (Å²) in [5.74, 6) is 1.19. The molecule has 4 nitrogen and oxygen atoms in total. The van der Waals surface area contributed by atoms with Gasteiger partial charge in [-0.25, -0.2) is 0 Å². The maximum atomic E-state index is 11.9. The summed E-state index contributed by atoms with van der Waals surface area (Å²) >= 11 is 0. The topological polar surface area (TPSA) is 63.0 Å². The Hall–Kier alpha value is -2.93. The molecule has 29 heavy (non-hydrogen) atoms. The monoisotopic (exact) mass is 386 g/mol. The lowest BCUT2D eigenvalue weighted by Crippen LogP contribution is -2.47. The van der Waals surface area contributed by atoms with E-state index in [-0.39, 0.29) is 17.5 Å². The van der Waals surface area contributed by atoms with Crippen LogP contribution in [0.1, 0.15) is 44.9 Å². The third-order valence-electron chi connectivity index (χ3n) is 7.00. The third kappa shape index (κ3) is 3.46. The number of benzene rings is 1. The van der Waals surface area contributed by atoms with Crippen LogP contribution < -0.4 is 0 Å². The van der Waals surface area contributed by atoms with E-state index in [1.54, 1.807) is 0 Å². The molecular formula is C25H26N2O2. The molecule has 2 heterocycles. The summed E-state index contributed by atoms with van der Waals surface area (Å²) < 4.78 is 5.75. The molecule has 5 atom stereocenters. The Bertz CT molecular complexity index is 989. The largest absolute Gasteiger partial charge is 0.461 e. The van der Waals surface area contributed by atoms with E-state index in [0.717, 1.165) is 23.2 Å². The molecule has 1 aliphatic carbocycles. The average molecular weight is 386 g/mol. The number of pyridine rings is 1. The quantitative estimate of drug-likeness (QED) is 0.676. The van der Waals surface area contributed by atoms with Crippen LogP contribution in [0.25, 0.3) is 17.2 Å². The van der Waals surface area contributed by atoms with Gasteiger partial charge in [0, 0.05) is 28.7 Å². The number of carbonyl (C=O) groups excluding carboxylic acids is 1. The van der Waals surface area contributed by atoms with E-state index in [9.17, 15) is 10.1 Å². The van der Waals surface area contributed by atoms with Crippen molar-refractivity contribution in [2.75, 3.05) is 0 Å². The van der Waals surface area contributed by atoms with Gasteiger partial charge in [-0.1, -0.05) is 51.1 Å². The van der Waals surface area contributed by atoms with Gasteiger partial charge in [0.25, 0.3) is 0 Å². The maximum Gasteiger partial charge on any atom is 0.306 e. The molecule has 0 N–H and O–H groups in total. The Kier molecular flexibility index (Phi) is 5.00. The predicted molar refractivity (Wildman–Crippen MR) is 112 cm³/mol. The number of fused-ring (bicyclic) bond motifs is 1. The van der Waals surface area contributed by atoms with Crippen LogP contribution in [0.3, 0.4) is 0 Å². The van der Waals surface area contributed by atoms with E-state index in [4.69, 9.17) is 4.74 Å². The number of nitriles is 1. The molecule has 0 bridgehead atoms. The third-order valence-corrected chi connectivity index (χ3v) is 7.00. The molecule has 1 saturated heterocycles. The molecule has 4 rings (SSSR count). The Balaban J connectivity index is 1.60. The van der Waals surface area contributed by atoms with Crippen LogP contribution in [0.15, 0.2) is 48.7 Å². The van der Waals surface area contributed by atoms with Crippen molar-refractivity contribution in [3.63, 3.8) is 0 Å². The Labute approximate surface area is 172 Å². The van der Waals surface area contributed by atoms with Gasteiger partial charge in [-0.3, -0.25) is 9.78 Å². The van der Waals surface area contributed by atoms with Gasteiger partial charge in [0.2, 0.25) is 0 Å². The van der Waals surface area contributed by atoms with E-state index in [0.29, 0.717) is 29.7 Å². The van der Waals surface area contributed by atoms with E-state index < -0.39 is 0 Å². The minimum absolute atomic E-state index is 0.0563. The van der Waals surface area contributed by atoms with Crippen molar-refractivity contribution in [2.45, 2.75) is 39.7 Å². The molecule has 148 valence electrons. The fourth-order valence-corrected chi connectivity index (χ4v) is 5.01. The van der Waals surface area contributed by atoms with Crippen molar-refractivity contribution in [1.29, 1.82) is 5.26 Å². The van der Waals surface area contributed by atoms with Crippen LogP contribution in [0.5, 0.6) is 0 Å². The van der Waals surface area contributed by atoms with Gasteiger partial charge in [-0.15, -0.1) is 0 Å². The highest BCUT2D eigenvalue weighted by atomic mass is 16.6. The number of nitrogens with zero attached hydrogens (tertiary/aromatic N) is 2. The van der Waals surface area contributed by atoms with Gasteiger partial charge in [0.05, 0.1) is 23.7 Å². The van der Waals surface area contributed by atoms with Gasteiger partial charge in [-0.05, 0) is 36.5 Å². The summed E-state index contributed by atoms with van der Waals surface area (Å²) in [6, 6.07) is 13.7. The minimum Gasteiger partial charge on any atom is -0.461 e. The second-order valence-electron chi connectivity index (χ2n) is 8.70. The summed E-state index contributed by atoms with van der Waals surface area (Å²) in [5.41, 5.74) is 3.11. The van der Waals surface area contributed by atoms with E-state index in [1.807, 2.05) is 48.7 Å². The van der Waals surface area contributed by atoms with Crippen LogP contribution in [0, 0.1) is 34.5 Å². The first-order valence-electron chi connectivity index (χ1n) is 10.3. The molecule has 1 saturated carbocycles. The standard InChI is InChI=1S/C25H26N2O2/c1-16-12-20-13-23(28)29-24(20)25(3,17(16)2)11-10-21-9-8-19(15-27-21)22-7-5-4-6-18(22)14-26/h4-11,15-17,20,24H,12-13H2,1-3H3/b11-10+/t16-,17+,20?,24?,25?/m0/s1. The fourth-order valence-electron chi connectivity index (χ4n) is 5.01. The average Bonchev–Trinajstić information content (AvgIpc) is 3.12. The number of ether oxygens (including phenoxy) is 1. The maximum absolute atomic E-state index is 11.9. The molecule has 2 fully saturated rings. The highest BCUT2D eigenvalue weighted by Gasteiger charge is 2.53. The number of hydrogen-bond acceptors (Lipinski definition) is 4. The Morgan fingerprint density at radius 2 is 2.03 bits per heavy atom. The first kappa shape index (κ1) is 19.4. The van der Waals surface area contributed by atoms with Gasteiger partial charge >= 0.3 is 5.97 Å². The highest BCUT2D eigenvalue weighted by molar-refractivity contribution is 5.73. The molecule has 2 aliphatic rings. The molecule has 1 aromatic heterocycles. The molecule has 1 aliphatic heterocycles. The minimum atomic E-state index is -0.206. The summed E-state index contributed by atoms with van der Waals surface area (Å²) in [6.45, 7) is 6.74. The number of hydrogen-bond donors (Lipinski definition) is 0. The second kappa shape index (κ2) is 7.48. The van der Waals surface area contributed by atoms with Gasteiger partial charge in [-0.2, -0.15) is 5.26 Å². The van der Waals surface area contributed by atoms with Crippen molar-refractivity contribution in [1.82, 2.24) is 4.98 Å². The van der Waals surface area contributed by atoms with Crippen molar-refractivity contribution >= 4 is 12.0 Å². The van der Waals surface area contributed by atoms with Crippen LogP contribution in [-0.4, -0.2) is 17.1 Å². The van der Waals surface area contributed by atoms with Gasteiger partial charge in [0.1, 0.15) is 6.10 Å². The number of aromatic nitrogens is 1. The molecule has 4 heteroatoms. The zero-order valence-corrected chi connectivity index (χ0v) is 17.1. The highest BCUT2D eigenvalue weighted by Crippen LogP contribution is 2.52. The fraction of sp³-hybridized carbons (Fsp3) is 0.400.